The molecule has 0 heterocycles. The van der Waals surface area contributed by atoms with E-state index in [1.807, 2.05) is 0 Å². The Morgan fingerprint density at radius 2 is 0.605 bits per heavy atom. The quantitative estimate of drug-likeness (QED) is 0.0361. The van der Waals surface area contributed by atoms with Gasteiger partial charge in [-0.05, 0) is 183 Å². The Morgan fingerprint density at radius 1 is 0.360 bits per heavy atom. The molecule has 490 valence electrons. The highest BCUT2D eigenvalue weighted by molar-refractivity contribution is 5.86. The van der Waals surface area contributed by atoms with E-state index in [-0.39, 0.29) is 128 Å². The molecule has 10 rings (SSSR count). The summed E-state index contributed by atoms with van der Waals surface area (Å²) in [5.41, 5.74) is -0.309. The van der Waals surface area contributed by atoms with E-state index in [1.165, 1.54) is 54.1 Å². The molecule has 17 heteroatoms. The summed E-state index contributed by atoms with van der Waals surface area (Å²) in [6.07, 6.45) is 18.4. The number of hydrogen-bond donors (Lipinski definition) is 0. The molecule has 24 unspecified atom stereocenters. The Kier molecular flexibility index (Phi) is 24.0. The van der Waals surface area contributed by atoms with Gasteiger partial charge >= 0.3 is 35.8 Å². The molecule has 6 bridgehead atoms. The number of fused-ring (bicyclic) bond motifs is 15. The molecule has 0 aromatic carbocycles. The summed E-state index contributed by atoms with van der Waals surface area (Å²) in [7, 11) is 6.00. The highest BCUT2D eigenvalue weighted by atomic mass is 16.7. The van der Waals surface area contributed by atoms with Crippen LogP contribution in [0.2, 0.25) is 0 Å². The Bertz CT molecular complexity index is 2210. The molecule has 0 aromatic heterocycles. The third-order valence-corrected chi connectivity index (χ3v) is 24.3. The molecule has 0 spiro atoms. The molecule has 10 saturated carbocycles. The van der Waals surface area contributed by atoms with E-state index in [4.69, 9.17) is 52.1 Å². The van der Waals surface area contributed by atoms with Crippen LogP contribution in [0.15, 0.2) is 0 Å². The summed E-state index contributed by atoms with van der Waals surface area (Å²) in [5.74, 6) is 4.51. The fraction of sp³-hybridized carbons (Fsp3) is 0.913. The van der Waals surface area contributed by atoms with Crippen molar-refractivity contribution in [3.05, 3.63) is 0 Å². The summed E-state index contributed by atoms with van der Waals surface area (Å²) < 4.78 is 58.4. The van der Waals surface area contributed by atoms with E-state index < -0.39 is 23.7 Å². The van der Waals surface area contributed by atoms with E-state index in [1.54, 1.807) is 0 Å². The zero-order valence-electron chi connectivity index (χ0n) is 55.1. The minimum absolute atomic E-state index is 0.00586. The second-order valence-electron chi connectivity index (χ2n) is 29.2. The molecule has 86 heavy (non-hydrogen) atoms. The minimum Gasteiger partial charge on any atom is -0.459 e. The van der Waals surface area contributed by atoms with Crippen LogP contribution < -0.4 is 0 Å². The lowest BCUT2D eigenvalue weighted by Gasteiger charge is -2.40. The number of ether oxygens (including phenoxy) is 11. The largest absolute Gasteiger partial charge is 0.459 e. The molecule has 0 radical (unpaired) electrons. The van der Waals surface area contributed by atoms with E-state index in [0.29, 0.717) is 77.6 Å². The Hall–Kier alpha value is -3.38. The molecule has 0 saturated heterocycles. The molecular formula is C69H112O17. The number of methoxy groups -OCH3 is 4. The standard InChI is InChI=1S/C25H40O5.C24H40O6.C20H32O6/c1-5-15-12-16(6-2)20-18-13-17(19(15)20)21(23(26)29-14-28-4)22(18)24(27)30-25(7-3)10-8-9-11-25;1-7-14-9-15(8-2)19-17-10-16(18(14)19)20(22(25)29-12-27-6)21(17)23(26)30-13-28-11-24(3,4)5;1-5-11-7-12(6-2)16-14-8-13(15(11)16)17(19(21)25-9-23-3)18(14)20(22)26-10-24-4/h15-22H,5-14H2,1-4H3;14-21H,7-13H2,1-6H3;11-18H,5-10H2,1-4H3. The van der Waals surface area contributed by atoms with Gasteiger partial charge in [-0.25, -0.2) is 0 Å². The van der Waals surface area contributed by atoms with Crippen LogP contribution in [0.1, 0.15) is 178 Å². The van der Waals surface area contributed by atoms with Gasteiger partial charge in [0.1, 0.15) is 5.60 Å². The maximum absolute atomic E-state index is 13.6. The summed E-state index contributed by atoms with van der Waals surface area (Å²) in [5, 5.41) is 0. The highest BCUT2D eigenvalue weighted by Gasteiger charge is 2.70. The summed E-state index contributed by atoms with van der Waals surface area (Å²) in [6.45, 7) is 22.1. The van der Waals surface area contributed by atoms with Gasteiger partial charge in [0.05, 0.1) is 42.1 Å². The summed E-state index contributed by atoms with van der Waals surface area (Å²) >= 11 is 0. The number of carbonyl (C=O) groups is 6. The molecule has 24 atom stereocenters. The number of carbonyl (C=O) groups excluding carboxylic acids is 6. The predicted molar refractivity (Wildman–Crippen MR) is 319 cm³/mol. The van der Waals surface area contributed by atoms with Crippen LogP contribution in [0.5, 0.6) is 0 Å². The lowest BCUT2D eigenvalue weighted by molar-refractivity contribution is -0.180. The normalized spacial score (nSPS) is 39.6. The average molecular weight is 1210 g/mol. The van der Waals surface area contributed by atoms with Gasteiger partial charge < -0.3 is 52.1 Å². The van der Waals surface area contributed by atoms with Crippen LogP contribution in [0.4, 0.5) is 0 Å². The van der Waals surface area contributed by atoms with Crippen molar-refractivity contribution in [3.63, 3.8) is 0 Å². The number of hydrogen-bond acceptors (Lipinski definition) is 17. The second kappa shape index (κ2) is 30.2. The zero-order valence-corrected chi connectivity index (χ0v) is 55.1. The van der Waals surface area contributed by atoms with Crippen LogP contribution in [0, 0.1) is 147 Å². The molecule has 0 aliphatic heterocycles. The van der Waals surface area contributed by atoms with Crippen molar-refractivity contribution in [3.8, 4) is 0 Å². The molecule has 10 aliphatic carbocycles. The lowest BCUT2D eigenvalue weighted by Crippen LogP contribution is -2.46. The van der Waals surface area contributed by atoms with Crippen LogP contribution in [-0.2, 0) is 80.9 Å². The Balaban J connectivity index is 0.000000168. The first-order valence-electron chi connectivity index (χ1n) is 33.9. The van der Waals surface area contributed by atoms with E-state index in [0.717, 1.165) is 83.5 Å². The smallest absolute Gasteiger partial charge is 0.312 e. The van der Waals surface area contributed by atoms with Crippen LogP contribution in [0.3, 0.4) is 0 Å². The van der Waals surface area contributed by atoms with Gasteiger partial charge in [-0.3, -0.25) is 28.8 Å². The summed E-state index contributed by atoms with van der Waals surface area (Å²) in [4.78, 5) is 78.4. The molecule has 17 nitrogen and oxygen atoms in total. The highest BCUT2D eigenvalue weighted by Crippen LogP contribution is 2.71. The first kappa shape index (κ1) is 68.5. The number of rotatable bonds is 25. The Labute approximate surface area is 515 Å². The minimum atomic E-state index is -0.427. The van der Waals surface area contributed by atoms with Gasteiger partial charge in [-0.1, -0.05) is 108 Å². The molecule has 0 N–H and O–H groups in total. The van der Waals surface area contributed by atoms with Crippen LogP contribution in [-0.4, -0.2) is 110 Å². The van der Waals surface area contributed by atoms with Crippen LogP contribution in [0.25, 0.3) is 0 Å². The Morgan fingerprint density at radius 3 is 0.826 bits per heavy atom. The maximum atomic E-state index is 13.6. The van der Waals surface area contributed by atoms with Crippen LogP contribution >= 0.6 is 0 Å². The van der Waals surface area contributed by atoms with E-state index >= 15 is 0 Å². The molecule has 0 amide bonds. The summed E-state index contributed by atoms with van der Waals surface area (Å²) in [6, 6.07) is 0. The zero-order chi connectivity index (χ0) is 62.4. The monoisotopic (exact) mass is 1210 g/mol. The molecule has 0 aromatic rings. The van der Waals surface area contributed by atoms with Crippen molar-refractivity contribution >= 4 is 35.8 Å². The number of esters is 6. The van der Waals surface area contributed by atoms with Crippen molar-refractivity contribution in [2.24, 2.45) is 147 Å². The van der Waals surface area contributed by atoms with Crippen molar-refractivity contribution in [2.75, 3.05) is 69.0 Å². The predicted octanol–water partition coefficient (Wildman–Crippen LogP) is 12.1. The van der Waals surface area contributed by atoms with Crippen molar-refractivity contribution in [2.45, 2.75) is 184 Å². The fourth-order valence-electron chi connectivity index (χ4n) is 21.4. The van der Waals surface area contributed by atoms with Gasteiger partial charge in [0.2, 0.25) is 0 Å². The van der Waals surface area contributed by atoms with Crippen molar-refractivity contribution in [1.82, 2.24) is 0 Å². The topological polar surface area (TPSA) is 204 Å². The first-order valence-corrected chi connectivity index (χ1v) is 33.9. The second-order valence-corrected chi connectivity index (χ2v) is 29.2. The van der Waals surface area contributed by atoms with Gasteiger partial charge in [0, 0.05) is 28.4 Å². The first-order chi connectivity index (χ1) is 41.3. The van der Waals surface area contributed by atoms with Gasteiger partial charge in [0.25, 0.3) is 0 Å². The maximum Gasteiger partial charge on any atom is 0.312 e. The van der Waals surface area contributed by atoms with E-state index in [9.17, 15) is 28.8 Å². The third kappa shape index (κ3) is 13.6. The van der Waals surface area contributed by atoms with Gasteiger partial charge in [-0.15, -0.1) is 0 Å². The third-order valence-electron chi connectivity index (χ3n) is 24.3. The molecule has 10 fully saturated rings. The van der Waals surface area contributed by atoms with Gasteiger partial charge in [-0.2, -0.15) is 0 Å². The lowest BCUT2D eigenvalue weighted by atomic mass is 9.65. The van der Waals surface area contributed by atoms with Crippen molar-refractivity contribution < 1.29 is 80.9 Å². The molecular weight excluding hydrogens is 1100 g/mol. The van der Waals surface area contributed by atoms with Crippen molar-refractivity contribution in [1.29, 1.82) is 0 Å². The van der Waals surface area contributed by atoms with Gasteiger partial charge in [0.15, 0.2) is 34.0 Å². The fourth-order valence-corrected chi connectivity index (χ4v) is 21.4. The average Bonchev–Trinajstić information content (AvgIpc) is 1.57. The van der Waals surface area contributed by atoms with E-state index in [2.05, 4.69) is 69.2 Å². The SMILES string of the molecule is CCC1CC(CC)C2C3CC(C(C(=O)OCOC)C3C(=O)OC3(CC)CCCC3)C12.CCC1CC(CC)C2C3CC(C(C(=O)OCOC)C3C(=O)OCOC)C12.CCC1CC(CC)C2C3CC(C(C(=O)OCOC)C3C(=O)OCOCC(C)(C)C)C12. The molecule has 10 aliphatic rings.